The fraction of sp³-hybridized carbons (Fsp3) is 0.604. The van der Waals surface area contributed by atoms with E-state index in [9.17, 15) is 33.6 Å². The van der Waals surface area contributed by atoms with Gasteiger partial charge in [0, 0.05) is 32.4 Å². The Morgan fingerprint density at radius 1 is 0.516 bits per heavy atom. The Morgan fingerprint density at radius 3 is 1.53 bits per heavy atom. The Hall–Kier alpha value is -5.51. The smallest absolute Gasteiger partial charge is 0.329 e. The first-order chi connectivity index (χ1) is 29.9. The maximum absolute atomic E-state index is 13.2. The van der Waals surface area contributed by atoms with E-state index in [0.717, 1.165) is 11.1 Å². The lowest BCUT2D eigenvalue weighted by molar-refractivity contribution is -0.159. The van der Waals surface area contributed by atoms with E-state index in [1.54, 1.807) is 62.3 Å². The second kappa shape index (κ2) is 27.0. The minimum absolute atomic E-state index is 0.0900. The molecule has 356 valence electrons. The Kier molecular flexibility index (Phi) is 23.0. The van der Waals surface area contributed by atoms with Gasteiger partial charge in [0.1, 0.15) is 34.9 Å². The van der Waals surface area contributed by atoms with Crippen LogP contribution in [0.25, 0.3) is 0 Å². The van der Waals surface area contributed by atoms with Crippen molar-refractivity contribution in [3.05, 3.63) is 71.8 Å². The quantitative estimate of drug-likeness (QED) is 0.0437. The van der Waals surface area contributed by atoms with Crippen molar-refractivity contribution in [2.45, 2.75) is 174 Å². The molecular weight excluding hydrogens is 821 g/mol. The van der Waals surface area contributed by atoms with Crippen molar-refractivity contribution < 1.29 is 47.8 Å². The summed E-state index contributed by atoms with van der Waals surface area (Å²) in [5, 5.41) is 13.8. The van der Waals surface area contributed by atoms with Gasteiger partial charge in [0.05, 0.1) is 6.04 Å². The third-order valence-corrected chi connectivity index (χ3v) is 9.22. The molecule has 7 N–H and O–H groups in total. The van der Waals surface area contributed by atoms with Crippen LogP contribution < -0.4 is 32.3 Å². The summed E-state index contributed by atoms with van der Waals surface area (Å²) in [6.07, 6.45) is 3.75. The predicted molar refractivity (Wildman–Crippen MR) is 245 cm³/mol. The van der Waals surface area contributed by atoms with E-state index < -0.39 is 70.8 Å². The van der Waals surface area contributed by atoms with Gasteiger partial charge in [0.25, 0.3) is 0 Å². The van der Waals surface area contributed by atoms with Crippen molar-refractivity contribution in [2.75, 3.05) is 13.1 Å². The minimum Gasteiger partial charge on any atom is -0.460 e. The number of hydrogen-bond donors (Lipinski definition) is 6. The van der Waals surface area contributed by atoms with Crippen LogP contribution in [0, 0.1) is 0 Å². The summed E-state index contributed by atoms with van der Waals surface area (Å²) < 4.78 is 16.4. The van der Waals surface area contributed by atoms with Crippen LogP contribution in [0.3, 0.4) is 0 Å². The lowest BCUT2D eigenvalue weighted by atomic mass is 10.0. The molecule has 2 aromatic rings. The van der Waals surface area contributed by atoms with E-state index in [1.807, 2.05) is 60.7 Å². The molecule has 2 aromatic carbocycles. The number of esters is 3. The number of nitrogens with one attached hydrogen (secondary N) is 5. The molecule has 0 fully saturated rings. The van der Waals surface area contributed by atoms with E-state index in [2.05, 4.69) is 26.6 Å². The molecule has 0 aliphatic carbocycles. The SMILES string of the molecule is CC(C)(C)OC(=O)CC[C@H](NC(=O)NC(CCCCNC(=O)CCCCCNC(=O)[C@@H](Cc1ccccc1)NC(=O)C(N)Cc1ccccc1)C(=O)OC(C)(C)C)C(=O)OC(C)(C)C. The van der Waals surface area contributed by atoms with Gasteiger partial charge in [-0.2, -0.15) is 0 Å². The number of nitrogens with two attached hydrogens (primary N) is 1. The second-order valence-electron chi connectivity index (χ2n) is 18.9. The summed E-state index contributed by atoms with van der Waals surface area (Å²) in [5.74, 6) is -2.81. The summed E-state index contributed by atoms with van der Waals surface area (Å²) >= 11 is 0. The molecular formula is C48H74N6O10. The van der Waals surface area contributed by atoms with Gasteiger partial charge in [0.15, 0.2) is 0 Å². The number of urea groups is 1. The van der Waals surface area contributed by atoms with Crippen LogP contribution in [-0.4, -0.2) is 95.7 Å². The van der Waals surface area contributed by atoms with Crippen LogP contribution in [0.15, 0.2) is 60.7 Å². The number of carbonyl (C=O) groups is 7. The number of amides is 5. The highest BCUT2D eigenvalue weighted by Gasteiger charge is 2.31. The monoisotopic (exact) mass is 895 g/mol. The summed E-state index contributed by atoms with van der Waals surface area (Å²) in [7, 11) is 0. The molecule has 64 heavy (non-hydrogen) atoms. The van der Waals surface area contributed by atoms with Gasteiger partial charge in [0.2, 0.25) is 17.7 Å². The summed E-state index contributed by atoms with van der Waals surface area (Å²) in [6.45, 7) is 16.1. The number of carbonyl (C=O) groups excluding carboxylic acids is 7. The molecule has 0 radical (unpaired) electrons. The Balaban J connectivity index is 1.82. The van der Waals surface area contributed by atoms with E-state index >= 15 is 0 Å². The molecule has 0 aromatic heterocycles. The number of ether oxygens (including phenoxy) is 3. The summed E-state index contributed by atoms with van der Waals surface area (Å²) in [5.41, 5.74) is 5.60. The average molecular weight is 895 g/mol. The van der Waals surface area contributed by atoms with Crippen LogP contribution in [0.5, 0.6) is 0 Å². The fourth-order valence-corrected chi connectivity index (χ4v) is 6.27. The Morgan fingerprint density at radius 2 is 1.00 bits per heavy atom. The molecule has 0 saturated carbocycles. The van der Waals surface area contributed by atoms with Crippen LogP contribution in [0.1, 0.15) is 131 Å². The van der Waals surface area contributed by atoms with Crippen LogP contribution in [0.4, 0.5) is 4.79 Å². The maximum Gasteiger partial charge on any atom is 0.329 e. The largest absolute Gasteiger partial charge is 0.460 e. The van der Waals surface area contributed by atoms with Gasteiger partial charge < -0.3 is 46.5 Å². The van der Waals surface area contributed by atoms with Gasteiger partial charge in [-0.15, -0.1) is 0 Å². The number of rotatable bonds is 25. The zero-order valence-electron chi connectivity index (χ0n) is 39.4. The van der Waals surface area contributed by atoms with Gasteiger partial charge in [-0.25, -0.2) is 14.4 Å². The van der Waals surface area contributed by atoms with E-state index in [1.165, 1.54) is 0 Å². The standard InChI is InChI=1S/C48H74N6O10/c1-46(2,3)62-40(56)28-27-37(44(60)64-48(7,8)9)54-45(61)53-36(43(59)63-47(4,5)6)25-18-20-29-50-39(55)26-17-12-19-30-51-42(58)38(32-34-23-15-11-16-24-34)52-41(57)35(49)31-33-21-13-10-14-22-33/h10-11,13-16,21-24,35-38H,12,17-20,25-32,49H2,1-9H3,(H,50,55)(H,51,58)(H,52,57)(H2,53,54,61)/t35?,36?,37-,38+/m0/s1. The normalized spacial score (nSPS) is 13.5. The van der Waals surface area contributed by atoms with Crippen LogP contribution in [0.2, 0.25) is 0 Å². The van der Waals surface area contributed by atoms with Crippen LogP contribution >= 0.6 is 0 Å². The number of unbranched alkanes of at least 4 members (excludes halogenated alkanes) is 3. The van der Waals surface area contributed by atoms with E-state index in [4.69, 9.17) is 19.9 Å². The predicted octanol–water partition coefficient (Wildman–Crippen LogP) is 5.09. The van der Waals surface area contributed by atoms with E-state index in [-0.39, 0.29) is 37.5 Å². The van der Waals surface area contributed by atoms with Crippen molar-refractivity contribution >= 4 is 41.7 Å². The fourth-order valence-electron chi connectivity index (χ4n) is 6.27. The molecule has 2 unspecified atom stereocenters. The maximum atomic E-state index is 13.2. The highest BCUT2D eigenvalue weighted by Crippen LogP contribution is 2.15. The molecule has 0 aliphatic rings. The molecule has 2 rings (SSSR count). The van der Waals surface area contributed by atoms with Crippen molar-refractivity contribution in [1.82, 2.24) is 26.6 Å². The number of benzene rings is 2. The second-order valence-corrected chi connectivity index (χ2v) is 18.9. The Bertz CT molecular complexity index is 1790. The molecule has 4 atom stereocenters. The first-order valence-electron chi connectivity index (χ1n) is 22.3. The minimum atomic E-state index is -1.20. The lowest BCUT2D eigenvalue weighted by Gasteiger charge is -2.27. The van der Waals surface area contributed by atoms with Gasteiger partial charge in [-0.3, -0.25) is 19.2 Å². The molecule has 0 spiro atoms. The number of hydrogen-bond acceptors (Lipinski definition) is 11. The highest BCUT2D eigenvalue weighted by molar-refractivity contribution is 5.90. The zero-order chi connectivity index (χ0) is 47.9. The molecule has 16 heteroatoms. The molecule has 0 heterocycles. The molecule has 16 nitrogen and oxygen atoms in total. The molecule has 0 saturated heterocycles. The lowest BCUT2D eigenvalue weighted by Crippen LogP contribution is -2.53. The molecule has 0 aliphatic heterocycles. The van der Waals surface area contributed by atoms with E-state index in [0.29, 0.717) is 58.0 Å². The summed E-state index contributed by atoms with van der Waals surface area (Å²) in [4.78, 5) is 90.7. The van der Waals surface area contributed by atoms with Crippen LogP contribution in [-0.2, 0) is 55.8 Å². The Labute approximate surface area is 379 Å². The first-order valence-corrected chi connectivity index (χ1v) is 22.3. The van der Waals surface area contributed by atoms with Crippen molar-refractivity contribution in [3.8, 4) is 0 Å². The van der Waals surface area contributed by atoms with Crippen molar-refractivity contribution in [3.63, 3.8) is 0 Å². The molecule has 0 bridgehead atoms. The van der Waals surface area contributed by atoms with Gasteiger partial charge >= 0.3 is 23.9 Å². The highest BCUT2D eigenvalue weighted by atomic mass is 16.6. The van der Waals surface area contributed by atoms with Crippen molar-refractivity contribution in [2.24, 2.45) is 5.73 Å². The molecule has 5 amide bonds. The topological polar surface area (TPSA) is 233 Å². The average Bonchev–Trinajstić information content (AvgIpc) is 3.18. The first kappa shape index (κ1) is 54.6. The third kappa shape index (κ3) is 25.0. The van der Waals surface area contributed by atoms with Gasteiger partial charge in [-0.1, -0.05) is 67.1 Å². The van der Waals surface area contributed by atoms with Gasteiger partial charge in [-0.05, 0) is 118 Å². The summed E-state index contributed by atoms with van der Waals surface area (Å²) in [6, 6.07) is 14.2. The van der Waals surface area contributed by atoms with Crippen molar-refractivity contribution in [1.29, 1.82) is 0 Å². The zero-order valence-corrected chi connectivity index (χ0v) is 39.4. The third-order valence-electron chi connectivity index (χ3n) is 9.22.